The first kappa shape index (κ1) is 17.9. The second-order valence-corrected chi connectivity index (χ2v) is 6.03. The highest BCUT2D eigenvalue weighted by atomic mass is 16.5. The highest BCUT2D eigenvalue weighted by Gasteiger charge is 2.14. The molecule has 0 unspecified atom stereocenters. The number of nitriles is 1. The van der Waals surface area contributed by atoms with Gasteiger partial charge in [-0.1, -0.05) is 0 Å². The van der Waals surface area contributed by atoms with Crippen LogP contribution in [-0.2, 0) is 0 Å². The van der Waals surface area contributed by atoms with Crippen molar-refractivity contribution in [2.45, 2.75) is 6.42 Å². The molecule has 8 nitrogen and oxygen atoms in total. The maximum Gasteiger partial charge on any atom is 0.270 e. The molecule has 1 saturated heterocycles. The number of nitrogens with one attached hydrogen (secondary N) is 3. The molecule has 8 heteroatoms. The van der Waals surface area contributed by atoms with Gasteiger partial charge in [0.05, 0.1) is 12.8 Å². The van der Waals surface area contributed by atoms with Gasteiger partial charge in [0.1, 0.15) is 17.4 Å². The molecule has 136 valence electrons. The molecule has 0 spiro atoms. The van der Waals surface area contributed by atoms with Gasteiger partial charge in [-0.25, -0.2) is 4.98 Å². The van der Waals surface area contributed by atoms with E-state index < -0.39 is 5.56 Å². The molecule has 2 aromatic rings. The maximum atomic E-state index is 12.2. The highest BCUT2D eigenvalue weighted by Crippen LogP contribution is 2.22. The Bertz CT molecular complexity index is 834. The minimum absolute atomic E-state index is 0.00357. The van der Waals surface area contributed by atoms with Crippen LogP contribution < -0.4 is 20.9 Å². The summed E-state index contributed by atoms with van der Waals surface area (Å²) in [4.78, 5) is 21.6. The van der Waals surface area contributed by atoms with Gasteiger partial charge in [0.2, 0.25) is 5.95 Å². The van der Waals surface area contributed by atoms with Crippen molar-refractivity contribution in [2.24, 2.45) is 0 Å². The van der Waals surface area contributed by atoms with Crippen LogP contribution in [0.2, 0.25) is 0 Å². The summed E-state index contributed by atoms with van der Waals surface area (Å²) in [6, 6.07) is 9.06. The molecule has 1 aromatic heterocycles. The van der Waals surface area contributed by atoms with Gasteiger partial charge in [-0.2, -0.15) is 5.26 Å². The van der Waals surface area contributed by atoms with E-state index in [4.69, 9.17) is 4.74 Å². The van der Waals surface area contributed by atoms with Crippen molar-refractivity contribution >= 4 is 5.95 Å². The fraction of sp³-hybridized carbons (Fsp3) is 0.389. The van der Waals surface area contributed by atoms with Gasteiger partial charge < -0.3 is 15.4 Å². The predicted octanol–water partition coefficient (Wildman–Crippen LogP) is 0.982. The van der Waals surface area contributed by atoms with Crippen LogP contribution in [0.15, 0.2) is 29.1 Å². The third kappa shape index (κ3) is 4.20. The topological polar surface area (TPSA) is 106 Å². The van der Waals surface area contributed by atoms with Crippen LogP contribution in [0, 0.1) is 11.3 Å². The smallest absolute Gasteiger partial charge is 0.270 e. The third-order valence-electron chi connectivity index (χ3n) is 4.28. The second-order valence-electron chi connectivity index (χ2n) is 6.03. The van der Waals surface area contributed by atoms with Crippen molar-refractivity contribution in [2.75, 3.05) is 45.3 Å². The Morgan fingerprint density at radius 2 is 2.19 bits per heavy atom. The van der Waals surface area contributed by atoms with E-state index in [1.54, 1.807) is 31.4 Å². The minimum atomic E-state index is -0.445. The quantitative estimate of drug-likeness (QED) is 0.637. The largest absolute Gasteiger partial charge is 0.497 e. The van der Waals surface area contributed by atoms with Gasteiger partial charge in [-0.05, 0) is 30.7 Å². The van der Waals surface area contributed by atoms with E-state index in [2.05, 4.69) is 25.5 Å². The van der Waals surface area contributed by atoms with Crippen LogP contribution in [0.3, 0.4) is 0 Å². The van der Waals surface area contributed by atoms with E-state index in [-0.39, 0.29) is 5.56 Å². The van der Waals surface area contributed by atoms with E-state index in [1.165, 1.54) is 0 Å². The molecule has 0 amide bonds. The number of aromatic nitrogens is 2. The fourth-order valence-corrected chi connectivity index (χ4v) is 2.87. The molecule has 1 aliphatic rings. The molecule has 0 saturated carbocycles. The zero-order valence-corrected chi connectivity index (χ0v) is 14.7. The van der Waals surface area contributed by atoms with Crippen molar-refractivity contribution in [1.29, 1.82) is 5.26 Å². The summed E-state index contributed by atoms with van der Waals surface area (Å²) < 4.78 is 5.14. The number of hydrogen-bond donors (Lipinski definition) is 3. The van der Waals surface area contributed by atoms with Gasteiger partial charge >= 0.3 is 0 Å². The van der Waals surface area contributed by atoms with Gasteiger partial charge in [-0.15, -0.1) is 0 Å². The zero-order valence-electron chi connectivity index (χ0n) is 14.7. The van der Waals surface area contributed by atoms with Gasteiger partial charge in [-0.3, -0.25) is 14.7 Å². The Balaban J connectivity index is 1.73. The van der Waals surface area contributed by atoms with Crippen molar-refractivity contribution < 1.29 is 4.74 Å². The van der Waals surface area contributed by atoms with E-state index in [0.29, 0.717) is 29.5 Å². The first-order valence-electron chi connectivity index (χ1n) is 8.57. The van der Waals surface area contributed by atoms with E-state index in [9.17, 15) is 10.1 Å². The Morgan fingerprint density at radius 1 is 1.38 bits per heavy atom. The molecule has 1 fully saturated rings. The van der Waals surface area contributed by atoms with E-state index >= 15 is 0 Å². The molecule has 3 rings (SSSR count). The standard InChI is InChI=1S/C18H22N6O2/c1-26-14-5-3-13(4-6-14)16-15(11-19)17(25)23-18(22-16)21-7-2-9-24-10-8-20-12-24/h3-6,20H,2,7-10,12H2,1H3,(H2,21,22,23,25). The minimum Gasteiger partial charge on any atom is -0.497 e. The molecule has 0 atom stereocenters. The number of ether oxygens (including phenoxy) is 1. The first-order chi connectivity index (χ1) is 12.7. The number of nitrogens with zero attached hydrogens (tertiary/aromatic N) is 3. The average molecular weight is 354 g/mol. The third-order valence-corrected chi connectivity index (χ3v) is 4.28. The fourth-order valence-electron chi connectivity index (χ4n) is 2.87. The van der Waals surface area contributed by atoms with E-state index in [1.807, 2.05) is 6.07 Å². The Morgan fingerprint density at radius 3 is 2.85 bits per heavy atom. The molecular weight excluding hydrogens is 332 g/mol. The highest BCUT2D eigenvalue weighted by molar-refractivity contribution is 5.67. The lowest BCUT2D eigenvalue weighted by Gasteiger charge is -2.14. The molecule has 0 radical (unpaired) electrons. The van der Waals surface area contributed by atoms with Crippen molar-refractivity contribution in [1.82, 2.24) is 20.2 Å². The first-order valence-corrected chi connectivity index (χ1v) is 8.57. The summed E-state index contributed by atoms with van der Waals surface area (Å²) in [6.07, 6.45) is 0.934. The number of hydrogen-bond acceptors (Lipinski definition) is 7. The molecule has 26 heavy (non-hydrogen) atoms. The number of methoxy groups -OCH3 is 1. The molecular formula is C18H22N6O2. The lowest BCUT2D eigenvalue weighted by Crippen LogP contribution is -2.25. The molecule has 0 aliphatic carbocycles. The summed E-state index contributed by atoms with van der Waals surface area (Å²) in [7, 11) is 1.58. The van der Waals surface area contributed by atoms with Crippen molar-refractivity contribution in [3.63, 3.8) is 0 Å². The zero-order chi connectivity index (χ0) is 18.4. The molecule has 3 N–H and O–H groups in total. The number of anilines is 1. The van der Waals surface area contributed by atoms with Crippen LogP contribution in [0.4, 0.5) is 5.95 Å². The lowest BCUT2D eigenvalue weighted by molar-refractivity contribution is 0.333. The summed E-state index contributed by atoms with van der Waals surface area (Å²) in [6.45, 7) is 4.68. The van der Waals surface area contributed by atoms with Crippen molar-refractivity contribution in [3.8, 4) is 23.1 Å². The van der Waals surface area contributed by atoms with Crippen LogP contribution in [0.1, 0.15) is 12.0 Å². The van der Waals surface area contributed by atoms with E-state index in [0.717, 1.165) is 32.7 Å². The number of aromatic amines is 1. The summed E-state index contributed by atoms with van der Waals surface area (Å²) >= 11 is 0. The monoisotopic (exact) mass is 354 g/mol. The summed E-state index contributed by atoms with van der Waals surface area (Å²) in [5, 5.41) is 15.8. The predicted molar refractivity (Wildman–Crippen MR) is 99.1 cm³/mol. The Kier molecular flexibility index (Phi) is 5.84. The van der Waals surface area contributed by atoms with Crippen molar-refractivity contribution in [3.05, 3.63) is 40.2 Å². The van der Waals surface area contributed by atoms with Crippen LogP contribution in [0.5, 0.6) is 5.75 Å². The van der Waals surface area contributed by atoms with Crippen LogP contribution in [-0.4, -0.2) is 54.8 Å². The van der Waals surface area contributed by atoms with Crippen LogP contribution >= 0.6 is 0 Å². The summed E-state index contributed by atoms with van der Waals surface area (Å²) in [5.74, 6) is 1.08. The van der Waals surface area contributed by atoms with Crippen LogP contribution in [0.25, 0.3) is 11.3 Å². The van der Waals surface area contributed by atoms with Gasteiger partial charge in [0, 0.05) is 38.4 Å². The normalized spacial score (nSPS) is 14.2. The molecule has 1 aliphatic heterocycles. The molecule has 0 bridgehead atoms. The van der Waals surface area contributed by atoms with Gasteiger partial charge in [0.15, 0.2) is 0 Å². The molecule has 1 aromatic carbocycles. The number of H-pyrrole nitrogens is 1. The number of rotatable bonds is 7. The second kappa shape index (κ2) is 8.47. The summed E-state index contributed by atoms with van der Waals surface area (Å²) in [5.41, 5.74) is 0.619. The van der Waals surface area contributed by atoms with Gasteiger partial charge in [0.25, 0.3) is 5.56 Å². The molecule has 2 heterocycles. The SMILES string of the molecule is COc1ccc(-c2nc(NCCCN3CCNC3)[nH]c(=O)c2C#N)cc1. The Labute approximate surface area is 151 Å². The maximum absolute atomic E-state index is 12.2. The lowest BCUT2D eigenvalue weighted by atomic mass is 10.1. The Hall–Kier alpha value is -2.89. The number of benzene rings is 1. The average Bonchev–Trinajstić information content (AvgIpc) is 3.18.